The van der Waals surface area contributed by atoms with Gasteiger partial charge in [-0.3, -0.25) is 0 Å². The molecule has 0 radical (unpaired) electrons. The third-order valence-corrected chi connectivity index (χ3v) is 5.22. The van der Waals surface area contributed by atoms with Gasteiger partial charge in [-0.1, -0.05) is 30.3 Å². The van der Waals surface area contributed by atoms with E-state index < -0.39 is 6.10 Å². The van der Waals surface area contributed by atoms with Crippen molar-refractivity contribution in [3.05, 3.63) is 76.9 Å². The molecule has 1 aliphatic rings. The Labute approximate surface area is 133 Å². The van der Waals surface area contributed by atoms with E-state index in [9.17, 15) is 5.11 Å². The fourth-order valence-electron chi connectivity index (χ4n) is 3.11. The minimum Gasteiger partial charge on any atom is -0.388 e. The number of nitrogens with zero attached hydrogens (tertiary/aromatic N) is 1. The van der Waals surface area contributed by atoms with E-state index in [1.165, 1.54) is 16.3 Å². The summed E-state index contributed by atoms with van der Waals surface area (Å²) >= 11 is 1.76. The van der Waals surface area contributed by atoms with Gasteiger partial charge in [0, 0.05) is 24.0 Å². The normalized spacial score (nSPS) is 18.3. The molecular weight excluding hydrogens is 292 g/mol. The van der Waals surface area contributed by atoms with Crippen molar-refractivity contribution in [2.75, 3.05) is 0 Å². The lowest BCUT2D eigenvalue weighted by atomic mass is 10.00. The number of aliphatic hydroxyl groups is 1. The molecule has 3 heterocycles. The number of nitrogens with one attached hydrogen (secondary N) is 1. The van der Waals surface area contributed by atoms with Gasteiger partial charge in [-0.25, -0.2) is 0 Å². The van der Waals surface area contributed by atoms with E-state index in [0.29, 0.717) is 6.42 Å². The second-order valence-electron chi connectivity index (χ2n) is 5.65. The summed E-state index contributed by atoms with van der Waals surface area (Å²) in [7, 11) is 0. The number of hydrogen-bond acceptors (Lipinski definition) is 3. The van der Waals surface area contributed by atoms with Crippen LogP contribution in [-0.4, -0.2) is 9.67 Å². The number of hydrogen-bond donors (Lipinski definition) is 2. The Kier molecular flexibility index (Phi) is 3.58. The van der Waals surface area contributed by atoms with Crippen LogP contribution >= 0.6 is 11.3 Å². The first-order valence-corrected chi connectivity index (χ1v) is 8.41. The topological polar surface area (TPSA) is 37.2 Å². The molecule has 0 saturated carbocycles. The maximum absolute atomic E-state index is 10.5. The highest BCUT2D eigenvalue weighted by molar-refractivity contribution is 7.12. The Balaban J connectivity index is 1.63. The van der Waals surface area contributed by atoms with Crippen molar-refractivity contribution in [2.45, 2.75) is 25.1 Å². The Morgan fingerprint density at radius 3 is 2.91 bits per heavy atom. The molecule has 2 N–H and O–H groups in total. The van der Waals surface area contributed by atoms with Gasteiger partial charge in [-0.2, -0.15) is 0 Å². The molecule has 0 aliphatic carbocycles. The van der Waals surface area contributed by atoms with E-state index in [2.05, 4.69) is 39.7 Å². The van der Waals surface area contributed by atoms with Gasteiger partial charge in [0.15, 0.2) is 0 Å². The van der Waals surface area contributed by atoms with Gasteiger partial charge in [0.05, 0.1) is 12.1 Å². The van der Waals surface area contributed by atoms with Crippen LogP contribution < -0.4 is 5.32 Å². The second kappa shape index (κ2) is 5.72. The SMILES string of the molecule is OC(CC1NCc2ccsc2-n2cccc21)c1ccccc1. The number of thiophene rings is 1. The quantitative estimate of drug-likeness (QED) is 0.772. The van der Waals surface area contributed by atoms with Gasteiger partial charge in [-0.05, 0) is 35.6 Å². The molecule has 112 valence electrons. The van der Waals surface area contributed by atoms with Gasteiger partial charge in [0.25, 0.3) is 0 Å². The summed E-state index contributed by atoms with van der Waals surface area (Å²) in [5, 5.41) is 17.6. The average molecular weight is 310 g/mol. The summed E-state index contributed by atoms with van der Waals surface area (Å²) in [5.41, 5.74) is 3.51. The molecule has 0 saturated heterocycles. The predicted molar refractivity (Wildman–Crippen MR) is 89.2 cm³/mol. The molecule has 2 unspecified atom stereocenters. The molecule has 1 aromatic carbocycles. The summed E-state index contributed by atoms with van der Waals surface area (Å²) in [4.78, 5) is 0. The first-order chi connectivity index (χ1) is 10.8. The van der Waals surface area contributed by atoms with Crippen molar-refractivity contribution >= 4 is 11.3 Å². The summed E-state index contributed by atoms with van der Waals surface area (Å²) < 4.78 is 2.25. The van der Waals surface area contributed by atoms with Crippen molar-refractivity contribution in [3.8, 4) is 5.00 Å². The van der Waals surface area contributed by atoms with Crippen LogP contribution in [0.1, 0.15) is 35.4 Å². The van der Waals surface area contributed by atoms with Crippen molar-refractivity contribution in [1.29, 1.82) is 0 Å². The minimum absolute atomic E-state index is 0.143. The maximum Gasteiger partial charge on any atom is 0.104 e. The summed E-state index contributed by atoms with van der Waals surface area (Å²) in [5.74, 6) is 0. The molecule has 22 heavy (non-hydrogen) atoms. The van der Waals surface area contributed by atoms with E-state index in [0.717, 1.165) is 12.1 Å². The Morgan fingerprint density at radius 2 is 2.05 bits per heavy atom. The molecule has 2 aromatic heterocycles. The van der Waals surface area contributed by atoms with E-state index in [-0.39, 0.29) is 6.04 Å². The minimum atomic E-state index is -0.460. The van der Waals surface area contributed by atoms with Crippen LogP contribution in [-0.2, 0) is 6.54 Å². The van der Waals surface area contributed by atoms with Crippen molar-refractivity contribution in [1.82, 2.24) is 9.88 Å². The highest BCUT2D eigenvalue weighted by atomic mass is 32.1. The van der Waals surface area contributed by atoms with E-state index >= 15 is 0 Å². The number of benzene rings is 1. The number of aromatic nitrogens is 1. The molecule has 1 aliphatic heterocycles. The van der Waals surface area contributed by atoms with Crippen LogP contribution in [0.25, 0.3) is 5.00 Å². The molecule has 0 fully saturated rings. The fraction of sp³-hybridized carbons (Fsp3) is 0.222. The van der Waals surface area contributed by atoms with E-state index in [4.69, 9.17) is 0 Å². The zero-order valence-corrected chi connectivity index (χ0v) is 13.0. The predicted octanol–water partition coefficient (Wildman–Crippen LogP) is 3.81. The van der Waals surface area contributed by atoms with E-state index in [1.807, 2.05) is 30.3 Å². The van der Waals surface area contributed by atoms with Crippen LogP contribution in [0.3, 0.4) is 0 Å². The fourth-order valence-corrected chi connectivity index (χ4v) is 4.05. The third kappa shape index (κ3) is 2.39. The molecule has 3 aromatic rings. The molecule has 3 nitrogen and oxygen atoms in total. The maximum atomic E-state index is 10.5. The largest absolute Gasteiger partial charge is 0.388 e. The number of rotatable bonds is 3. The zero-order valence-electron chi connectivity index (χ0n) is 12.1. The monoisotopic (exact) mass is 310 g/mol. The Bertz CT molecular complexity index is 762. The van der Waals surface area contributed by atoms with Crippen LogP contribution in [0.5, 0.6) is 0 Å². The standard InChI is InChI=1S/C18H18N2OS/c21-17(13-5-2-1-3-6-13)11-15-16-7-4-9-20(16)18-14(12-19-15)8-10-22-18/h1-10,15,17,19,21H,11-12H2. The van der Waals surface area contributed by atoms with Gasteiger partial charge in [-0.15, -0.1) is 11.3 Å². The van der Waals surface area contributed by atoms with Gasteiger partial charge in [0.2, 0.25) is 0 Å². The number of fused-ring (bicyclic) bond motifs is 3. The van der Waals surface area contributed by atoms with Crippen LogP contribution in [0, 0.1) is 0 Å². The smallest absolute Gasteiger partial charge is 0.104 e. The lowest BCUT2D eigenvalue weighted by molar-refractivity contribution is 0.150. The van der Waals surface area contributed by atoms with Crippen LogP contribution in [0.2, 0.25) is 0 Å². The van der Waals surface area contributed by atoms with Crippen molar-refractivity contribution in [3.63, 3.8) is 0 Å². The lowest BCUT2D eigenvalue weighted by Crippen LogP contribution is -2.22. The van der Waals surface area contributed by atoms with Gasteiger partial charge in [0.1, 0.15) is 5.00 Å². The Hall–Kier alpha value is -1.88. The molecule has 0 amide bonds. The number of aliphatic hydroxyl groups excluding tert-OH is 1. The van der Waals surface area contributed by atoms with Crippen LogP contribution in [0.4, 0.5) is 0 Å². The molecule has 4 rings (SSSR count). The average Bonchev–Trinajstić information content (AvgIpc) is 3.18. The molecule has 4 heteroatoms. The van der Waals surface area contributed by atoms with E-state index in [1.54, 1.807) is 11.3 Å². The summed E-state index contributed by atoms with van der Waals surface area (Å²) in [6.07, 6.45) is 2.32. The highest BCUT2D eigenvalue weighted by Gasteiger charge is 2.24. The molecule has 2 atom stereocenters. The molecule has 0 spiro atoms. The van der Waals surface area contributed by atoms with Crippen LogP contribution in [0.15, 0.2) is 60.1 Å². The zero-order chi connectivity index (χ0) is 14.9. The molecule has 0 bridgehead atoms. The van der Waals surface area contributed by atoms with Gasteiger partial charge >= 0.3 is 0 Å². The van der Waals surface area contributed by atoms with Crippen molar-refractivity contribution in [2.24, 2.45) is 0 Å². The van der Waals surface area contributed by atoms with Crippen molar-refractivity contribution < 1.29 is 5.11 Å². The molecular formula is C18H18N2OS. The lowest BCUT2D eigenvalue weighted by Gasteiger charge is -2.21. The van der Waals surface area contributed by atoms with Gasteiger partial charge < -0.3 is 15.0 Å². The first kappa shape index (κ1) is 13.8. The highest BCUT2D eigenvalue weighted by Crippen LogP contribution is 2.34. The second-order valence-corrected chi connectivity index (χ2v) is 6.54. The summed E-state index contributed by atoms with van der Waals surface area (Å²) in [6, 6.07) is 16.4. The Morgan fingerprint density at radius 1 is 1.18 bits per heavy atom. The third-order valence-electron chi connectivity index (χ3n) is 4.26. The first-order valence-electron chi connectivity index (χ1n) is 7.53. The summed E-state index contributed by atoms with van der Waals surface area (Å²) in [6.45, 7) is 0.840.